The van der Waals surface area contributed by atoms with E-state index in [1.165, 1.54) is 43.8 Å². The van der Waals surface area contributed by atoms with E-state index in [4.69, 9.17) is 19.9 Å². The maximum Gasteiger partial charge on any atom is 0.164 e. The van der Waals surface area contributed by atoms with Crippen molar-refractivity contribution in [3.63, 3.8) is 0 Å². The van der Waals surface area contributed by atoms with E-state index >= 15 is 0 Å². The minimum Gasteiger partial charge on any atom is -0.292 e. The highest BCUT2D eigenvalue weighted by Gasteiger charge is 2.17. The summed E-state index contributed by atoms with van der Waals surface area (Å²) >= 11 is 0. The van der Waals surface area contributed by atoms with Gasteiger partial charge in [-0.25, -0.2) is 19.9 Å². The first-order valence-corrected chi connectivity index (χ1v) is 23.9. The molecule has 0 saturated carbocycles. The lowest BCUT2D eigenvalue weighted by molar-refractivity contribution is 1.07. The molecule has 5 heteroatoms. The minimum atomic E-state index is 0.632. The van der Waals surface area contributed by atoms with Crippen LogP contribution in [0.4, 0.5) is 0 Å². The van der Waals surface area contributed by atoms with Gasteiger partial charge >= 0.3 is 0 Å². The second kappa shape index (κ2) is 17.8. The van der Waals surface area contributed by atoms with Crippen molar-refractivity contribution >= 4 is 32.6 Å². The van der Waals surface area contributed by atoms with Crippen LogP contribution >= 0.6 is 0 Å². The van der Waals surface area contributed by atoms with E-state index in [2.05, 4.69) is 217 Å². The molecule has 2 aromatic heterocycles. The van der Waals surface area contributed by atoms with Gasteiger partial charge in [0, 0.05) is 27.9 Å². The summed E-state index contributed by atoms with van der Waals surface area (Å²) in [6, 6.07) is 92.0. The van der Waals surface area contributed by atoms with E-state index in [9.17, 15) is 0 Å². The van der Waals surface area contributed by atoms with Gasteiger partial charge in [0.25, 0.3) is 0 Å². The summed E-state index contributed by atoms with van der Waals surface area (Å²) in [5.41, 5.74) is 16.4. The first-order valence-electron chi connectivity index (χ1n) is 23.9. The fourth-order valence-corrected chi connectivity index (χ4v) is 9.87. The van der Waals surface area contributed by atoms with Crippen molar-refractivity contribution in [2.75, 3.05) is 0 Å². The maximum absolute atomic E-state index is 5.08. The maximum atomic E-state index is 5.08. The van der Waals surface area contributed by atoms with Gasteiger partial charge in [-0.1, -0.05) is 224 Å². The van der Waals surface area contributed by atoms with Crippen molar-refractivity contribution in [3.8, 4) is 95.7 Å². The Labute approximate surface area is 411 Å². The van der Waals surface area contributed by atoms with Crippen LogP contribution in [-0.4, -0.2) is 24.5 Å². The van der Waals surface area contributed by atoms with Crippen LogP contribution in [0.2, 0.25) is 0 Å². The smallest absolute Gasteiger partial charge is 0.164 e. The highest BCUT2D eigenvalue weighted by molar-refractivity contribution is 6.07. The number of hydrogen-bond donors (Lipinski definition) is 0. The fraction of sp³-hybridized carbons (Fsp3) is 0. The number of para-hydroxylation sites is 3. The summed E-state index contributed by atoms with van der Waals surface area (Å²) in [6.45, 7) is 0. The third-order valence-electron chi connectivity index (χ3n) is 13.5. The highest BCUT2D eigenvalue weighted by Crippen LogP contribution is 2.38. The Balaban J connectivity index is 0.784. The summed E-state index contributed by atoms with van der Waals surface area (Å²) in [5, 5.41) is 4.82. The lowest BCUT2D eigenvalue weighted by Gasteiger charge is -2.13. The second-order valence-electron chi connectivity index (χ2n) is 17.8. The zero-order valence-corrected chi connectivity index (χ0v) is 38.6. The molecule has 71 heavy (non-hydrogen) atoms. The number of rotatable bonds is 9. The number of fused-ring (bicyclic) bond motifs is 3. The Morgan fingerprint density at radius 1 is 0.254 bits per heavy atom. The molecule has 0 N–H and O–H groups in total. The van der Waals surface area contributed by atoms with E-state index < -0.39 is 0 Å². The molecule has 0 bridgehead atoms. The Bertz CT molecular complexity index is 4050. The van der Waals surface area contributed by atoms with Crippen LogP contribution in [0, 0.1) is 0 Å². The lowest BCUT2D eigenvalue weighted by Crippen LogP contribution is -2.00. The molecule has 0 aliphatic rings. The Morgan fingerprint density at radius 2 is 0.634 bits per heavy atom. The molecule has 0 fully saturated rings. The number of imidazole rings is 1. The Kier molecular flexibility index (Phi) is 10.4. The molecule has 0 aliphatic heterocycles. The monoisotopic (exact) mass is 905 g/mol. The first kappa shape index (κ1) is 41.6. The van der Waals surface area contributed by atoms with Crippen molar-refractivity contribution < 1.29 is 0 Å². The molecule has 0 spiro atoms. The van der Waals surface area contributed by atoms with Crippen molar-refractivity contribution in [2.45, 2.75) is 0 Å². The second-order valence-corrected chi connectivity index (χ2v) is 17.8. The highest BCUT2D eigenvalue weighted by atomic mass is 15.1. The molecule has 11 aromatic carbocycles. The molecule has 0 atom stereocenters. The molecule has 13 aromatic rings. The van der Waals surface area contributed by atoms with E-state index in [1.807, 2.05) is 48.5 Å². The van der Waals surface area contributed by atoms with Gasteiger partial charge in [-0.05, 0) is 102 Å². The largest absolute Gasteiger partial charge is 0.292 e. The predicted octanol–water partition coefficient (Wildman–Crippen LogP) is 16.9. The van der Waals surface area contributed by atoms with Crippen molar-refractivity contribution in [1.82, 2.24) is 24.5 Å². The van der Waals surface area contributed by atoms with Crippen LogP contribution in [-0.2, 0) is 0 Å². The average molecular weight is 906 g/mol. The van der Waals surface area contributed by atoms with Crippen molar-refractivity contribution in [3.05, 3.63) is 261 Å². The number of aromatic nitrogens is 5. The molecule has 2 heterocycles. The zero-order valence-electron chi connectivity index (χ0n) is 38.6. The fourth-order valence-electron chi connectivity index (χ4n) is 9.87. The van der Waals surface area contributed by atoms with Gasteiger partial charge in [-0.3, -0.25) is 4.57 Å². The normalized spacial score (nSPS) is 11.4. The summed E-state index contributed by atoms with van der Waals surface area (Å²) in [5.74, 6) is 2.84. The van der Waals surface area contributed by atoms with Crippen LogP contribution in [0.3, 0.4) is 0 Å². The summed E-state index contributed by atoms with van der Waals surface area (Å²) in [7, 11) is 0. The molecule has 0 aliphatic carbocycles. The standard InChI is InChI=1S/C66H43N5/c1-4-14-44(15-5-1)45-26-32-49(33-27-45)64-68-63(48-16-6-2-7-17-48)69-65(70-64)50-34-28-46(29-35-50)52-38-40-57-54(42-52)18-12-22-59(57)60-23-13-19-55-43-53(39-41-58(55)60)47-30-36-51(37-31-47)66-67-61-24-10-11-25-62(61)71(66)56-20-8-3-9-21-56/h1-43H. The van der Waals surface area contributed by atoms with Crippen molar-refractivity contribution in [1.29, 1.82) is 0 Å². The van der Waals surface area contributed by atoms with Gasteiger partial charge in [0.05, 0.1) is 11.0 Å². The third-order valence-corrected chi connectivity index (χ3v) is 13.5. The summed E-state index contributed by atoms with van der Waals surface area (Å²) in [4.78, 5) is 20.1. The lowest BCUT2D eigenvalue weighted by atomic mass is 9.91. The Morgan fingerprint density at radius 3 is 1.15 bits per heavy atom. The molecular formula is C66H43N5. The van der Waals surface area contributed by atoms with Gasteiger partial charge in [0.2, 0.25) is 0 Å². The molecule has 13 rings (SSSR count). The number of benzene rings is 11. The molecular weight excluding hydrogens is 863 g/mol. The van der Waals surface area contributed by atoms with Gasteiger partial charge in [0.15, 0.2) is 17.5 Å². The SMILES string of the molecule is c1ccc(-c2ccc(-c3nc(-c4ccccc4)nc(-c4ccc(-c5ccc6c(-c7cccc8cc(-c9ccc(-c%10nc%11ccccc%11n%10-c%10ccccc%10)cc9)ccc78)cccc6c5)cc4)n3)cc2)cc1. The van der Waals surface area contributed by atoms with Crippen LogP contribution in [0.5, 0.6) is 0 Å². The molecule has 5 nitrogen and oxygen atoms in total. The van der Waals surface area contributed by atoms with E-state index in [1.54, 1.807) is 0 Å². The van der Waals surface area contributed by atoms with Crippen LogP contribution < -0.4 is 0 Å². The predicted molar refractivity (Wildman–Crippen MR) is 293 cm³/mol. The Hall–Kier alpha value is -9.58. The summed E-state index contributed by atoms with van der Waals surface area (Å²) < 4.78 is 2.25. The zero-order chi connectivity index (χ0) is 47.1. The van der Waals surface area contributed by atoms with E-state index in [0.717, 1.165) is 67.1 Å². The average Bonchev–Trinajstić information content (AvgIpc) is 3.85. The van der Waals surface area contributed by atoms with Crippen LogP contribution in [0.1, 0.15) is 0 Å². The van der Waals surface area contributed by atoms with Crippen LogP contribution in [0.25, 0.3) is 128 Å². The molecule has 0 radical (unpaired) electrons. The minimum absolute atomic E-state index is 0.632. The van der Waals surface area contributed by atoms with E-state index in [-0.39, 0.29) is 0 Å². The quantitative estimate of drug-likeness (QED) is 0.145. The van der Waals surface area contributed by atoms with Gasteiger partial charge < -0.3 is 0 Å². The molecule has 0 saturated heterocycles. The third kappa shape index (κ3) is 7.91. The van der Waals surface area contributed by atoms with E-state index in [0.29, 0.717) is 17.5 Å². The molecule has 0 amide bonds. The van der Waals surface area contributed by atoms with Gasteiger partial charge in [-0.2, -0.15) is 0 Å². The van der Waals surface area contributed by atoms with Gasteiger partial charge in [0.1, 0.15) is 5.82 Å². The van der Waals surface area contributed by atoms with Crippen molar-refractivity contribution in [2.24, 2.45) is 0 Å². The summed E-state index contributed by atoms with van der Waals surface area (Å²) in [6.07, 6.45) is 0. The van der Waals surface area contributed by atoms with Gasteiger partial charge in [-0.15, -0.1) is 0 Å². The molecule has 332 valence electrons. The first-order chi connectivity index (χ1) is 35.2. The molecule has 0 unspecified atom stereocenters. The number of hydrogen-bond acceptors (Lipinski definition) is 4. The topological polar surface area (TPSA) is 56.5 Å². The van der Waals surface area contributed by atoms with Crippen LogP contribution in [0.15, 0.2) is 261 Å². The number of nitrogens with zero attached hydrogens (tertiary/aromatic N) is 5.